The summed E-state index contributed by atoms with van der Waals surface area (Å²) in [6.45, 7) is 5.12. The number of aromatic nitrogens is 1. The predicted octanol–water partition coefficient (Wildman–Crippen LogP) is 1.27. The fourth-order valence-electron chi connectivity index (χ4n) is 2.16. The summed E-state index contributed by atoms with van der Waals surface area (Å²) in [7, 11) is 2.03. The van der Waals surface area contributed by atoms with Crippen LogP contribution < -0.4 is 5.32 Å². The maximum absolute atomic E-state index is 9.60. The fraction of sp³-hybridized carbons (Fsp3) is 0.667. The zero-order valence-electron chi connectivity index (χ0n) is 9.70. The molecule has 1 saturated carbocycles. The van der Waals surface area contributed by atoms with Gasteiger partial charge in [0.2, 0.25) is 0 Å². The average Bonchev–Trinajstić information content (AvgIpc) is 2.58. The van der Waals surface area contributed by atoms with Crippen molar-refractivity contribution in [1.29, 1.82) is 0 Å². The van der Waals surface area contributed by atoms with E-state index in [0.717, 1.165) is 13.0 Å². The first-order valence-electron chi connectivity index (χ1n) is 5.52. The molecule has 1 aliphatic rings. The summed E-state index contributed by atoms with van der Waals surface area (Å²) in [5, 5.41) is 13.1. The van der Waals surface area contributed by atoms with Gasteiger partial charge in [-0.05, 0) is 18.1 Å². The van der Waals surface area contributed by atoms with Crippen LogP contribution in [0.4, 0.5) is 0 Å². The Morgan fingerprint density at radius 1 is 1.60 bits per heavy atom. The second-order valence-corrected chi connectivity index (χ2v) is 5.19. The molecule has 0 bridgehead atoms. The first-order chi connectivity index (χ1) is 7.00. The van der Waals surface area contributed by atoms with E-state index in [2.05, 4.69) is 42.2 Å². The lowest BCUT2D eigenvalue weighted by molar-refractivity contribution is -0.0729. The Balaban J connectivity index is 1.85. The van der Waals surface area contributed by atoms with Gasteiger partial charge in [-0.2, -0.15) is 0 Å². The van der Waals surface area contributed by atoms with Crippen molar-refractivity contribution in [3.8, 4) is 0 Å². The normalized spacial score (nSPS) is 28.8. The van der Waals surface area contributed by atoms with Crippen molar-refractivity contribution in [3.63, 3.8) is 0 Å². The first kappa shape index (κ1) is 10.7. The summed E-state index contributed by atoms with van der Waals surface area (Å²) in [5.74, 6) is 0. The Hall–Kier alpha value is -0.800. The van der Waals surface area contributed by atoms with Crippen LogP contribution in [0, 0.1) is 5.41 Å². The molecule has 2 rings (SSSR count). The van der Waals surface area contributed by atoms with Gasteiger partial charge in [0.25, 0.3) is 0 Å². The number of nitrogens with one attached hydrogen (secondary N) is 1. The highest BCUT2D eigenvalue weighted by molar-refractivity contribution is 5.11. The molecular formula is C12H20N2O. The van der Waals surface area contributed by atoms with Crippen LogP contribution in [0.15, 0.2) is 18.5 Å². The largest absolute Gasteiger partial charge is 0.392 e. The van der Waals surface area contributed by atoms with E-state index >= 15 is 0 Å². The lowest BCUT2D eigenvalue weighted by atomic mass is 9.64. The standard InChI is InChI=1S/C12H20N2O/c1-12(2)10(6-11(12)15)13-7-9-4-5-14(3)8-9/h4-5,8,10-11,13,15H,6-7H2,1-3H3. The number of rotatable bonds is 3. The third-order valence-corrected chi connectivity index (χ3v) is 3.66. The van der Waals surface area contributed by atoms with Crippen molar-refractivity contribution in [3.05, 3.63) is 24.0 Å². The van der Waals surface area contributed by atoms with E-state index in [0.29, 0.717) is 6.04 Å². The van der Waals surface area contributed by atoms with Gasteiger partial charge >= 0.3 is 0 Å². The number of nitrogens with zero attached hydrogens (tertiary/aromatic N) is 1. The van der Waals surface area contributed by atoms with Gasteiger partial charge in [0.05, 0.1) is 6.10 Å². The van der Waals surface area contributed by atoms with Gasteiger partial charge in [0.1, 0.15) is 0 Å². The number of hydrogen-bond acceptors (Lipinski definition) is 2. The molecule has 1 heterocycles. The van der Waals surface area contributed by atoms with Crippen LogP contribution in [0.2, 0.25) is 0 Å². The van der Waals surface area contributed by atoms with Crippen molar-refractivity contribution in [2.24, 2.45) is 12.5 Å². The third-order valence-electron chi connectivity index (χ3n) is 3.66. The second kappa shape index (κ2) is 3.65. The summed E-state index contributed by atoms with van der Waals surface area (Å²) >= 11 is 0. The Bertz CT molecular complexity index is 343. The zero-order chi connectivity index (χ0) is 11.1. The molecule has 2 atom stereocenters. The quantitative estimate of drug-likeness (QED) is 0.785. The topological polar surface area (TPSA) is 37.2 Å². The molecular weight excluding hydrogens is 188 g/mol. The molecule has 1 fully saturated rings. The minimum absolute atomic E-state index is 0.0226. The molecule has 84 valence electrons. The van der Waals surface area contributed by atoms with E-state index in [1.807, 2.05) is 7.05 Å². The lowest BCUT2D eigenvalue weighted by Crippen LogP contribution is -2.59. The Labute approximate surface area is 91.1 Å². The van der Waals surface area contributed by atoms with Crippen LogP contribution in [-0.4, -0.2) is 21.8 Å². The van der Waals surface area contributed by atoms with Crippen LogP contribution in [0.25, 0.3) is 0 Å². The van der Waals surface area contributed by atoms with E-state index < -0.39 is 0 Å². The SMILES string of the molecule is Cn1ccc(CNC2CC(O)C2(C)C)c1. The predicted molar refractivity (Wildman–Crippen MR) is 60.4 cm³/mol. The van der Waals surface area contributed by atoms with Gasteiger partial charge in [-0.25, -0.2) is 0 Å². The molecule has 1 aliphatic carbocycles. The maximum Gasteiger partial charge on any atom is 0.0621 e. The van der Waals surface area contributed by atoms with Gasteiger partial charge in [0.15, 0.2) is 0 Å². The lowest BCUT2D eigenvalue weighted by Gasteiger charge is -2.49. The highest BCUT2D eigenvalue weighted by Crippen LogP contribution is 2.40. The average molecular weight is 208 g/mol. The van der Waals surface area contributed by atoms with E-state index in [1.54, 1.807) is 0 Å². The third kappa shape index (κ3) is 1.94. The summed E-state index contributed by atoms with van der Waals surface area (Å²) in [6.07, 6.45) is 4.90. The van der Waals surface area contributed by atoms with Crippen molar-refractivity contribution >= 4 is 0 Å². The highest BCUT2D eigenvalue weighted by Gasteiger charge is 2.46. The monoisotopic (exact) mass is 208 g/mol. The first-order valence-corrected chi connectivity index (χ1v) is 5.52. The molecule has 0 aromatic carbocycles. The van der Waals surface area contributed by atoms with Gasteiger partial charge in [-0.3, -0.25) is 0 Å². The van der Waals surface area contributed by atoms with Crippen molar-refractivity contribution in [2.45, 2.75) is 39.0 Å². The van der Waals surface area contributed by atoms with E-state index in [9.17, 15) is 5.11 Å². The molecule has 15 heavy (non-hydrogen) atoms. The molecule has 0 radical (unpaired) electrons. The number of hydrogen-bond donors (Lipinski definition) is 2. The molecule has 1 aromatic heterocycles. The fourth-order valence-corrected chi connectivity index (χ4v) is 2.16. The number of aliphatic hydroxyl groups is 1. The van der Waals surface area contributed by atoms with Crippen molar-refractivity contribution in [2.75, 3.05) is 0 Å². The van der Waals surface area contributed by atoms with Gasteiger partial charge < -0.3 is 15.0 Å². The Morgan fingerprint density at radius 2 is 2.33 bits per heavy atom. The summed E-state index contributed by atoms with van der Waals surface area (Å²) in [6, 6.07) is 2.56. The molecule has 3 nitrogen and oxygen atoms in total. The summed E-state index contributed by atoms with van der Waals surface area (Å²) < 4.78 is 2.05. The van der Waals surface area contributed by atoms with E-state index in [-0.39, 0.29) is 11.5 Å². The Morgan fingerprint density at radius 3 is 2.80 bits per heavy atom. The number of aryl methyl sites for hydroxylation is 1. The smallest absolute Gasteiger partial charge is 0.0621 e. The molecule has 0 aliphatic heterocycles. The second-order valence-electron chi connectivity index (χ2n) is 5.19. The van der Waals surface area contributed by atoms with Crippen molar-refractivity contribution in [1.82, 2.24) is 9.88 Å². The van der Waals surface area contributed by atoms with Crippen LogP contribution in [0.1, 0.15) is 25.8 Å². The minimum atomic E-state index is -0.147. The molecule has 0 spiro atoms. The molecule has 2 unspecified atom stereocenters. The van der Waals surface area contributed by atoms with Crippen molar-refractivity contribution < 1.29 is 5.11 Å². The van der Waals surface area contributed by atoms with Crippen LogP contribution in [0.5, 0.6) is 0 Å². The molecule has 0 saturated heterocycles. The summed E-state index contributed by atoms with van der Waals surface area (Å²) in [4.78, 5) is 0. The van der Waals surface area contributed by atoms with Gasteiger partial charge in [-0.15, -0.1) is 0 Å². The molecule has 0 amide bonds. The van der Waals surface area contributed by atoms with Crippen LogP contribution >= 0.6 is 0 Å². The van der Waals surface area contributed by atoms with E-state index in [1.165, 1.54) is 5.56 Å². The van der Waals surface area contributed by atoms with E-state index in [4.69, 9.17) is 0 Å². The van der Waals surface area contributed by atoms with Gasteiger partial charge in [-0.1, -0.05) is 13.8 Å². The maximum atomic E-state index is 9.60. The Kier molecular flexibility index (Phi) is 2.61. The zero-order valence-corrected chi connectivity index (χ0v) is 9.70. The van der Waals surface area contributed by atoms with Gasteiger partial charge in [0, 0.05) is 37.4 Å². The molecule has 1 aromatic rings. The molecule has 3 heteroatoms. The minimum Gasteiger partial charge on any atom is -0.392 e. The highest BCUT2D eigenvalue weighted by atomic mass is 16.3. The van der Waals surface area contributed by atoms with Crippen LogP contribution in [-0.2, 0) is 13.6 Å². The molecule has 2 N–H and O–H groups in total. The summed E-state index contributed by atoms with van der Waals surface area (Å²) in [5.41, 5.74) is 1.32. The van der Waals surface area contributed by atoms with Crippen LogP contribution in [0.3, 0.4) is 0 Å². The number of aliphatic hydroxyl groups excluding tert-OH is 1.